The summed E-state index contributed by atoms with van der Waals surface area (Å²) >= 11 is 0. The lowest BCUT2D eigenvalue weighted by atomic mass is 10.1. The maximum atomic E-state index is 5.77. The van der Waals surface area contributed by atoms with Crippen LogP contribution in [-0.2, 0) is 13.0 Å². The Morgan fingerprint density at radius 3 is 2.74 bits per heavy atom. The van der Waals surface area contributed by atoms with E-state index in [9.17, 15) is 0 Å². The molecule has 0 bridgehead atoms. The van der Waals surface area contributed by atoms with E-state index in [0.717, 1.165) is 25.1 Å². The highest BCUT2D eigenvalue weighted by Crippen LogP contribution is 2.13. The van der Waals surface area contributed by atoms with Gasteiger partial charge in [0, 0.05) is 25.0 Å². The highest BCUT2D eigenvalue weighted by atomic mass is 16.5. The third kappa shape index (κ3) is 4.75. The fourth-order valence-corrected chi connectivity index (χ4v) is 1.95. The normalized spacial score (nSPS) is 12.3. The first-order valence-corrected chi connectivity index (χ1v) is 6.67. The fourth-order valence-electron chi connectivity index (χ4n) is 1.95. The van der Waals surface area contributed by atoms with Crippen LogP contribution in [0.5, 0.6) is 5.75 Å². The number of hydrogen-bond acceptors (Lipinski definition) is 3. The van der Waals surface area contributed by atoms with Crippen LogP contribution in [0.1, 0.15) is 18.9 Å². The molecule has 102 valence electrons. The zero-order valence-corrected chi connectivity index (χ0v) is 11.3. The Kier molecular flexibility index (Phi) is 4.98. The van der Waals surface area contributed by atoms with Gasteiger partial charge in [0.2, 0.25) is 0 Å². The fraction of sp³-hybridized carbons (Fsp3) is 0.400. The summed E-state index contributed by atoms with van der Waals surface area (Å²) in [6.07, 6.45) is 7.45. The van der Waals surface area contributed by atoms with Crippen LogP contribution in [0.25, 0.3) is 0 Å². The summed E-state index contributed by atoms with van der Waals surface area (Å²) in [5.74, 6) is 0.916. The SMILES string of the molecule is CC(N)Cc1ccc(OCCCn2ccnc2)cc1. The maximum Gasteiger partial charge on any atom is 0.119 e. The predicted octanol–water partition coefficient (Wildman–Crippen LogP) is 2.24. The minimum absolute atomic E-state index is 0.196. The first kappa shape index (κ1) is 13.6. The molecule has 2 N–H and O–H groups in total. The molecule has 0 saturated heterocycles. The summed E-state index contributed by atoms with van der Waals surface area (Å²) in [6.45, 7) is 3.66. The lowest BCUT2D eigenvalue weighted by molar-refractivity contribution is 0.301. The van der Waals surface area contributed by atoms with E-state index in [-0.39, 0.29) is 6.04 Å². The molecule has 2 aromatic rings. The van der Waals surface area contributed by atoms with Gasteiger partial charge in [-0.05, 0) is 37.5 Å². The van der Waals surface area contributed by atoms with Gasteiger partial charge < -0.3 is 15.0 Å². The number of benzene rings is 1. The molecule has 1 aromatic carbocycles. The van der Waals surface area contributed by atoms with Crippen LogP contribution >= 0.6 is 0 Å². The molecular weight excluding hydrogens is 238 g/mol. The number of imidazole rings is 1. The second kappa shape index (κ2) is 6.95. The molecule has 1 unspecified atom stereocenters. The van der Waals surface area contributed by atoms with Crippen LogP contribution < -0.4 is 10.5 Å². The summed E-state index contributed by atoms with van der Waals surface area (Å²) in [4.78, 5) is 4.00. The van der Waals surface area contributed by atoms with Gasteiger partial charge in [0.1, 0.15) is 5.75 Å². The van der Waals surface area contributed by atoms with Crippen molar-refractivity contribution in [3.05, 3.63) is 48.5 Å². The monoisotopic (exact) mass is 259 g/mol. The second-order valence-electron chi connectivity index (χ2n) is 4.83. The third-order valence-corrected chi connectivity index (χ3v) is 2.87. The molecule has 2 rings (SSSR count). The summed E-state index contributed by atoms with van der Waals surface area (Å²) in [5.41, 5.74) is 7.02. The number of aryl methyl sites for hydroxylation is 1. The quantitative estimate of drug-likeness (QED) is 0.776. The second-order valence-corrected chi connectivity index (χ2v) is 4.83. The molecule has 1 aromatic heterocycles. The molecule has 0 aliphatic heterocycles. The van der Waals surface area contributed by atoms with Crippen LogP contribution in [0.4, 0.5) is 0 Å². The maximum absolute atomic E-state index is 5.77. The Hall–Kier alpha value is -1.81. The van der Waals surface area contributed by atoms with Gasteiger partial charge in [0.15, 0.2) is 0 Å². The molecule has 0 aliphatic rings. The molecule has 4 heteroatoms. The first-order chi connectivity index (χ1) is 9.24. The molecule has 0 radical (unpaired) electrons. The molecular formula is C15H21N3O. The molecule has 0 saturated carbocycles. The Labute approximate surface area is 114 Å². The van der Waals surface area contributed by atoms with Crippen LogP contribution in [0.2, 0.25) is 0 Å². The molecule has 1 heterocycles. The van der Waals surface area contributed by atoms with E-state index in [2.05, 4.69) is 21.7 Å². The minimum Gasteiger partial charge on any atom is -0.494 e. The number of nitrogens with zero attached hydrogens (tertiary/aromatic N) is 2. The molecule has 1 atom stereocenters. The Morgan fingerprint density at radius 2 is 2.11 bits per heavy atom. The Morgan fingerprint density at radius 1 is 1.32 bits per heavy atom. The van der Waals surface area contributed by atoms with Crippen molar-refractivity contribution in [2.24, 2.45) is 5.73 Å². The van der Waals surface area contributed by atoms with E-state index in [1.54, 1.807) is 6.20 Å². The molecule has 4 nitrogen and oxygen atoms in total. The van der Waals surface area contributed by atoms with E-state index >= 15 is 0 Å². The summed E-state index contributed by atoms with van der Waals surface area (Å²) < 4.78 is 7.75. The third-order valence-electron chi connectivity index (χ3n) is 2.87. The van der Waals surface area contributed by atoms with Crippen molar-refractivity contribution in [3.63, 3.8) is 0 Å². The summed E-state index contributed by atoms with van der Waals surface area (Å²) in [5, 5.41) is 0. The molecule has 0 spiro atoms. The van der Waals surface area contributed by atoms with Gasteiger partial charge in [0.25, 0.3) is 0 Å². The van der Waals surface area contributed by atoms with E-state index in [1.165, 1.54) is 5.56 Å². The van der Waals surface area contributed by atoms with Crippen LogP contribution in [0.3, 0.4) is 0 Å². The van der Waals surface area contributed by atoms with Crippen molar-refractivity contribution in [2.45, 2.75) is 32.4 Å². The van der Waals surface area contributed by atoms with E-state index in [4.69, 9.17) is 10.5 Å². The number of aromatic nitrogens is 2. The van der Waals surface area contributed by atoms with Gasteiger partial charge in [-0.3, -0.25) is 0 Å². The molecule has 0 amide bonds. The largest absolute Gasteiger partial charge is 0.494 e. The zero-order chi connectivity index (χ0) is 13.5. The van der Waals surface area contributed by atoms with Crippen molar-refractivity contribution >= 4 is 0 Å². The zero-order valence-electron chi connectivity index (χ0n) is 11.3. The molecule has 0 aliphatic carbocycles. The van der Waals surface area contributed by atoms with E-state index < -0.39 is 0 Å². The number of nitrogens with two attached hydrogens (primary N) is 1. The van der Waals surface area contributed by atoms with Crippen molar-refractivity contribution in [3.8, 4) is 5.75 Å². The van der Waals surface area contributed by atoms with Gasteiger partial charge in [-0.25, -0.2) is 4.98 Å². The van der Waals surface area contributed by atoms with Crippen LogP contribution in [0.15, 0.2) is 43.0 Å². The highest BCUT2D eigenvalue weighted by molar-refractivity contribution is 5.27. The standard InChI is InChI=1S/C15H21N3O/c1-13(16)11-14-3-5-15(6-4-14)19-10-2-8-18-9-7-17-12-18/h3-7,9,12-13H,2,8,10-11,16H2,1H3. The Bertz CT molecular complexity index is 463. The average Bonchev–Trinajstić information content (AvgIpc) is 2.89. The smallest absolute Gasteiger partial charge is 0.119 e. The molecule has 0 fully saturated rings. The summed E-state index contributed by atoms with van der Waals surface area (Å²) in [6, 6.07) is 8.37. The van der Waals surface area contributed by atoms with Crippen molar-refractivity contribution in [1.82, 2.24) is 9.55 Å². The number of ether oxygens (including phenoxy) is 1. The van der Waals surface area contributed by atoms with Crippen molar-refractivity contribution in [1.29, 1.82) is 0 Å². The van der Waals surface area contributed by atoms with Gasteiger partial charge >= 0.3 is 0 Å². The Balaban J connectivity index is 1.71. The van der Waals surface area contributed by atoms with Gasteiger partial charge in [-0.15, -0.1) is 0 Å². The predicted molar refractivity (Wildman–Crippen MR) is 76.1 cm³/mol. The topological polar surface area (TPSA) is 53.1 Å². The minimum atomic E-state index is 0.196. The van der Waals surface area contributed by atoms with Crippen LogP contribution in [-0.4, -0.2) is 22.2 Å². The van der Waals surface area contributed by atoms with Gasteiger partial charge in [-0.2, -0.15) is 0 Å². The first-order valence-electron chi connectivity index (χ1n) is 6.67. The average molecular weight is 259 g/mol. The summed E-state index contributed by atoms with van der Waals surface area (Å²) in [7, 11) is 0. The van der Waals surface area contributed by atoms with Crippen molar-refractivity contribution in [2.75, 3.05) is 6.61 Å². The van der Waals surface area contributed by atoms with Gasteiger partial charge in [-0.1, -0.05) is 12.1 Å². The molecule has 19 heavy (non-hydrogen) atoms. The van der Waals surface area contributed by atoms with Crippen molar-refractivity contribution < 1.29 is 4.74 Å². The number of rotatable bonds is 7. The van der Waals surface area contributed by atoms with Crippen LogP contribution in [0, 0.1) is 0 Å². The van der Waals surface area contributed by atoms with E-state index in [0.29, 0.717) is 6.61 Å². The van der Waals surface area contributed by atoms with E-state index in [1.807, 2.05) is 31.6 Å². The lowest BCUT2D eigenvalue weighted by Gasteiger charge is -2.08. The lowest BCUT2D eigenvalue weighted by Crippen LogP contribution is -2.17. The highest BCUT2D eigenvalue weighted by Gasteiger charge is 1.99. The number of hydrogen-bond donors (Lipinski definition) is 1. The van der Waals surface area contributed by atoms with Gasteiger partial charge in [0.05, 0.1) is 12.9 Å².